The van der Waals surface area contributed by atoms with E-state index in [-0.39, 0.29) is 36.4 Å². The molecular weight excluding hydrogens is 393 g/mol. The highest BCUT2D eigenvalue weighted by Gasteiger charge is 2.09. The number of aliphatic imine (C=N–C) groups is 1. The maximum atomic E-state index is 12.2. The Morgan fingerprint density at radius 3 is 2.67 bits per heavy atom. The molecule has 0 bridgehead atoms. The molecule has 1 rings (SSSR count). The van der Waals surface area contributed by atoms with Crippen molar-refractivity contribution < 1.29 is 13.5 Å². The summed E-state index contributed by atoms with van der Waals surface area (Å²) in [4.78, 5) is 10.1. The lowest BCUT2D eigenvalue weighted by molar-refractivity contribution is 0.0791. The van der Waals surface area contributed by atoms with Crippen LogP contribution in [0.15, 0.2) is 23.3 Å². The van der Waals surface area contributed by atoms with Gasteiger partial charge in [-0.1, -0.05) is 6.07 Å². The summed E-state index contributed by atoms with van der Waals surface area (Å²) in [5, 5.41) is 0. The van der Waals surface area contributed by atoms with Gasteiger partial charge in [-0.15, -0.1) is 24.0 Å². The van der Waals surface area contributed by atoms with Gasteiger partial charge in [-0.05, 0) is 19.9 Å². The molecule has 0 aliphatic carbocycles. The van der Waals surface area contributed by atoms with Crippen molar-refractivity contribution in [2.24, 2.45) is 10.7 Å². The molecule has 5 nitrogen and oxygen atoms in total. The fourth-order valence-corrected chi connectivity index (χ4v) is 1.63. The predicted molar refractivity (Wildman–Crippen MR) is 89.4 cm³/mol. The third kappa shape index (κ3) is 6.87. The molecule has 21 heavy (non-hydrogen) atoms. The zero-order valence-corrected chi connectivity index (χ0v) is 14.5. The van der Waals surface area contributed by atoms with E-state index in [0.29, 0.717) is 11.5 Å². The number of pyridine rings is 1. The Hall–Kier alpha value is -1.19. The van der Waals surface area contributed by atoms with Crippen LogP contribution >= 0.6 is 24.0 Å². The van der Waals surface area contributed by atoms with Gasteiger partial charge >= 0.3 is 0 Å². The van der Waals surface area contributed by atoms with Crippen LogP contribution in [0.2, 0.25) is 0 Å². The van der Waals surface area contributed by atoms with Crippen molar-refractivity contribution in [3.8, 4) is 5.88 Å². The SMILES string of the molecule is CCN(CC)C(N)=NCc1cccnc1OCC(F)F.I. The summed E-state index contributed by atoms with van der Waals surface area (Å²) >= 11 is 0. The molecule has 0 aliphatic rings. The number of nitrogens with zero attached hydrogens (tertiary/aromatic N) is 3. The number of ether oxygens (including phenoxy) is 1. The molecule has 120 valence electrons. The molecule has 0 aliphatic heterocycles. The van der Waals surface area contributed by atoms with Gasteiger partial charge in [0.1, 0.15) is 0 Å². The summed E-state index contributed by atoms with van der Waals surface area (Å²) in [6, 6.07) is 3.43. The Morgan fingerprint density at radius 2 is 2.10 bits per heavy atom. The van der Waals surface area contributed by atoms with Gasteiger partial charge in [0, 0.05) is 24.8 Å². The first-order valence-electron chi connectivity index (χ1n) is 6.48. The summed E-state index contributed by atoms with van der Waals surface area (Å²) in [6.07, 6.45) is -1.05. The first-order valence-corrected chi connectivity index (χ1v) is 6.48. The molecule has 8 heteroatoms. The van der Waals surface area contributed by atoms with Gasteiger partial charge in [-0.3, -0.25) is 0 Å². The fourth-order valence-electron chi connectivity index (χ4n) is 1.63. The standard InChI is InChI=1S/C13H20F2N4O.HI/c1-3-19(4-2)13(16)18-8-10-6-5-7-17-12(10)20-9-11(14)15;/h5-7,11H,3-4,8-9H2,1-2H3,(H2,16,18);1H. The van der Waals surface area contributed by atoms with Gasteiger partial charge in [0.05, 0.1) is 6.54 Å². The Labute approximate surface area is 140 Å². The lowest BCUT2D eigenvalue weighted by atomic mass is 10.3. The van der Waals surface area contributed by atoms with Crippen molar-refractivity contribution >= 4 is 29.9 Å². The van der Waals surface area contributed by atoms with Crippen molar-refractivity contribution in [1.29, 1.82) is 0 Å². The van der Waals surface area contributed by atoms with E-state index in [2.05, 4.69) is 9.98 Å². The van der Waals surface area contributed by atoms with Gasteiger partial charge < -0.3 is 15.4 Å². The van der Waals surface area contributed by atoms with Crippen LogP contribution in [-0.2, 0) is 6.54 Å². The molecule has 0 unspecified atom stereocenters. The van der Waals surface area contributed by atoms with Gasteiger partial charge in [-0.2, -0.15) is 0 Å². The predicted octanol–water partition coefficient (Wildman–Crippen LogP) is 2.50. The average molecular weight is 414 g/mol. The second kappa shape index (κ2) is 10.5. The monoisotopic (exact) mass is 414 g/mol. The summed E-state index contributed by atoms with van der Waals surface area (Å²) in [6.45, 7) is 5.04. The Morgan fingerprint density at radius 1 is 1.43 bits per heavy atom. The smallest absolute Gasteiger partial charge is 0.272 e. The Balaban J connectivity index is 0.00000400. The molecule has 1 aromatic heterocycles. The van der Waals surface area contributed by atoms with Gasteiger partial charge in [0.15, 0.2) is 12.6 Å². The molecule has 1 heterocycles. The number of guanidine groups is 1. The normalized spacial score (nSPS) is 11.2. The number of aromatic nitrogens is 1. The number of halogens is 3. The molecule has 2 N–H and O–H groups in total. The van der Waals surface area contributed by atoms with Crippen LogP contribution in [0.5, 0.6) is 5.88 Å². The van der Waals surface area contributed by atoms with Crippen molar-refractivity contribution in [2.75, 3.05) is 19.7 Å². The first kappa shape index (κ1) is 19.8. The van der Waals surface area contributed by atoms with Crippen LogP contribution in [0.4, 0.5) is 8.78 Å². The van der Waals surface area contributed by atoms with E-state index in [1.54, 1.807) is 12.1 Å². The minimum absolute atomic E-state index is 0. The van der Waals surface area contributed by atoms with E-state index in [0.717, 1.165) is 13.1 Å². The van der Waals surface area contributed by atoms with E-state index in [1.165, 1.54) is 6.20 Å². The second-order valence-electron chi connectivity index (χ2n) is 4.02. The fraction of sp³-hybridized carbons (Fsp3) is 0.538. The molecule has 1 aromatic rings. The molecule has 0 atom stereocenters. The molecule has 0 amide bonds. The lowest BCUT2D eigenvalue weighted by Gasteiger charge is -2.19. The number of hydrogen-bond acceptors (Lipinski definition) is 3. The van der Waals surface area contributed by atoms with Crippen LogP contribution in [0, 0.1) is 0 Å². The Kier molecular flexibility index (Phi) is 9.93. The quantitative estimate of drug-likeness (QED) is 0.423. The van der Waals surface area contributed by atoms with Crippen LogP contribution in [0.3, 0.4) is 0 Å². The molecular formula is C13H21F2IN4O. The van der Waals surface area contributed by atoms with E-state index < -0.39 is 13.0 Å². The first-order chi connectivity index (χ1) is 9.58. The van der Waals surface area contributed by atoms with Crippen molar-refractivity contribution in [2.45, 2.75) is 26.8 Å². The van der Waals surface area contributed by atoms with E-state index >= 15 is 0 Å². The van der Waals surface area contributed by atoms with Crippen LogP contribution in [-0.4, -0.2) is 42.0 Å². The van der Waals surface area contributed by atoms with Crippen molar-refractivity contribution in [1.82, 2.24) is 9.88 Å². The summed E-state index contributed by atoms with van der Waals surface area (Å²) in [5.41, 5.74) is 6.48. The largest absolute Gasteiger partial charge is 0.471 e. The maximum Gasteiger partial charge on any atom is 0.272 e. The molecule has 0 radical (unpaired) electrons. The number of nitrogens with two attached hydrogens (primary N) is 1. The Bertz CT molecular complexity index is 442. The lowest BCUT2D eigenvalue weighted by Crippen LogP contribution is -2.37. The topological polar surface area (TPSA) is 63.7 Å². The van der Waals surface area contributed by atoms with Crippen LogP contribution in [0.1, 0.15) is 19.4 Å². The number of hydrogen-bond donors (Lipinski definition) is 1. The van der Waals surface area contributed by atoms with E-state index in [4.69, 9.17) is 10.5 Å². The van der Waals surface area contributed by atoms with Crippen molar-refractivity contribution in [3.05, 3.63) is 23.9 Å². The highest BCUT2D eigenvalue weighted by Crippen LogP contribution is 2.16. The van der Waals surface area contributed by atoms with Crippen molar-refractivity contribution in [3.63, 3.8) is 0 Å². The second-order valence-corrected chi connectivity index (χ2v) is 4.02. The third-order valence-electron chi connectivity index (χ3n) is 2.69. The molecule has 0 saturated heterocycles. The minimum atomic E-state index is -2.53. The van der Waals surface area contributed by atoms with Gasteiger partial charge in [0.25, 0.3) is 6.43 Å². The number of alkyl halides is 2. The number of rotatable bonds is 7. The summed E-state index contributed by atoms with van der Waals surface area (Å²) in [7, 11) is 0. The van der Waals surface area contributed by atoms with E-state index in [9.17, 15) is 8.78 Å². The molecule has 0 fully saturated rings. The zero-order chi connectivity index (χ0) is 15.0. The molecule has 0 spiro atoms. The summed E-state index contributed by atoms with van der Waals surface area (Å²) < 4.78 is 29.3. The maximum absolute atomic E-state index is 12.2. The zero-order valence-electron chi connectivity index (χ0n) is 12.1. The summed E-state index contributed by atoms with van der Waals surface area (Å²) in [5.74, 6) is 0.586. The third-order valence-corrected chi connectivity index (χ3v) is 2.69. The molecule has 0 aromatic carbocycles. The van der Waals surface area contributed by atoms with Crippen LogP contribution in [0.25, 0.3) is 0 Å². The average Bonchev–Trinajstić information content (AvgIpc) is 2.45. The van der Waals surface area contributed by atoms with E-state index in [1.807, 2.05) is 18.7 Å². The highest BCUT2D eigenvalue weighted by atomic mass is 127. The van der Waals surface area contributed by atoms with Crippen LogP contribution < -0.4 is 10.5 Å². The van der Waals surface area contributed by atoms with Gasteiger partial charge in [-0.25, -0.2) is 18.8 Å². The highest BCUT2D eigenvalue weighted by molar-refractivity contribution is 14.0. The van der Waals surface area contributed by atoms with Gasteiger partial charge in [0.2, 0.25) is 5.88 Å². The minimum Gasteiger partial charge on any atom is -0.471 e. The molecule has 0 saturated carbocycles.